The summed E-state index contributed by atoms with van der Waals surface area (Å²) in [5, 5.41) is 0. The molecule has 0 fully saturated rings. The van der Waals surface area contributed by atoms with Gasteiger partial charge in [0.25, 0.3) is 0 Å². The Balaban J connectivity index is 2.97. The third-order valence-electron chi connectivity index (χ3n) is 2.77. The summed E-state index contributed by atoms with van der Waals surface area (Å²) < 4.78 is 15.6. The lowest BCUT2D eigenvalue weighted by Gasteiger charge is -2.22. The zero-order chi connectivity index (χ0) is 16.7. The summed E-state index contributed by atoms with van der Waals surface area (Å²) in [6.45, 7) is 4.25. The van der Waals surface area contributed by atoms with E-state index in [0.717, 1.165) is 5.56 Å². The van der Waals surface area contributed by atoms with E-state index >= 15 is 0 Å². The molecule has 0 aliphatic carbocycles. The molecule has 0 radical (unpaired) electrons. The maximum Gasteiger partial charge on any atom is 0.339 e. The van der Waals surface area contributed by atoms with E-state index in [1.165, 1.54) is 28.1 Å². The van der Waals surface area contributed by atoms with Gasteiger partial charge in [-0.1, -0.05) is 6.07 Å². The Kier molecular flexibility index (Phi) is 6.81. The Morgan fingerprint density at radius 3 is 2.23 bits per heavy atom. The molecule has 2 atom stereocenters. The Hall–Kier alpha value is -2.12. The molecule has 1 aromatic rings. The number of methoxy groups -OCH3 is 2. The number of esters is 1. The van der Waals surface area contributed by atoms with Gasteiger partial charge in [-0.25, -0.2) is 4.79 Å². The maximum atomic E-state index is 11.0. The van der Waals surface area contributed by atoms with E-state index < -0.39 is 24.1 Å². The Labute approximate surface area is 129 Å². The predicted molar refractivity (Wildman–Crippen MR) is 76.4 cm³/mol. The van der Waals surface area contributed by atoms with E-state index in [-0.39, 0.29) is 0 Å². The van der Waals surface area contributed by atoms with E-state index in [1.807, 2.05) is 0 Å². The quantitative estimate of drug-likeness (QED) is 0.330. The number of rotatable bonds is 7. The minimum atomic E-state index is -0.551. The number of carbonyl (C=O) groups excluding carboxylic acids is 2. The molecular formula is C15H20O7. The summed E-state index contributed by atoms with van der Waals surface area (Å²) in [6.07, 6.45) is -1.04. The summed E-state index contributed by atoms with van der Waals surface area (Å²) in [5.41, 5.74) is 0.718. The first-order valence-corrected chi connectivity index (χ1v) is 6.62. The van der Waals surface area contributed by atoms with Crippen molar-refractivity contribution in [3.8, 4) is 11.5 Å². The summed E-state index contributed by atoms with van der Waals surface area (Å²) in [6, 6.07) is 4.97. The molecule has 0 aliphatic rings. The molecule has 22 heavy (non-hydrogen) atoms. The average Bonchev–Trinajstić information content (AvgIpc) is 2.46. The van der Waals surface area contributed by atoms with Crippen LogP contribution < -0.4 is 9.47 Å². The maximum absolute atomic E-state index is 11.0. The molecule has 0 heterocycles. The van der Waals surface area contributed by atoms with Crippen LogP contribution in [0, 0.1) is 0 Å². The van der Waals surface area contributed by atoms with Crippen molar-refractivity contribution in [3.63, 3.8) is 0 Å². The number of ether oxygens (including phenoxy) is 3. The fourth-order valence-corrected chi connectivity index (χ4v) is 1.89. The van der Waals surface area contributed by atoms with Crippen molar-refractivity contribution in [2.45, 2.75) is 33.0 Å². The molecule has 0 aliphatic heterocycles. The Bertz CT molecular complexity index is 527. The lowest BCUT2D eigenvalue weighted by Crippen LogP contribution is -2.22. The summed E-state index contributed by atoms with van der Waals surface area (Å²) in [7, 11) is 2.97. The summed E-state index contributed by atoms with van der Waals surface area (Å²) >= 11 is 0. The predicted octanol–water partition coefficient (Wildman–Crippen LogP) is 2.19. The Morgan fingerprint density at radius 1 is 1.05 bits per heavy atom. The van der Waals surface area contributed by atoms with E-state index in [4.69, 9.17) is 19.1 Å². The number of carbonyl (C=O) groups is 2. The van der Waals surface area contributed by atoms with Gasteiger partial charge in [0, 0.05) is 21.0 Å². The van der Waals surface area contributed by atoms with Crippen LogP contribution in [0.2, 0.25) is 0 Å². The second-order valence-corrected chi connectivity index (χ2v) is 4.54. The number of hydrogen-bond acceptors (Lipinski definition) is 7. The largest absolute Gasteiger partial charge is 0.493 e. The summed E-state index contributed by atoms with van der Waals surface area (Å²) in [4.78, 5) is 31.3. The minimum absolute atomic E-state index is 0.308. The third-order valence-corrected chi connectivity index (χ3v) is 2.77. The molecule has 1 rings (SSSR count). The average molecular weight is 312 g/mol. The standard InChI is InChI=1S/C15H20O7/c1-9(21-22-11(3)17)15(19-5)12-6-7-13(20-10(2)16)14(8-12)18-4/h6-9,15H,1-5H3. The number of hydrogen-bond donors (Lipinski definition) is 0. The normalized spacial score (nSPS) is 13.1. The monoisotopic (exact) mass is 312 g/mol. The molecule has 0 saturated carbocycles. The molecule has 7 heteroatoms. The number of benzene rings is 1. The van der Waals surface area contributed by atoms with Gasteiger partial charge in [-0.15, -0.1) is 0 Å². The third kappa shape index (κ3) is 5.01. The molecule has 1 aromatic carbocycles. The van der Waals surface area contributed by atoms with Crippen molar-refractivity contribution in [2.75, 3.05) is 14.2 Å². The highest BCUT2D eigenvalue weighted by molar-refractivity contribution is 5.70. The van der Waals surface area contributed by atoms with Crippen LogP contribution in [0.25, 0.3) is 0 Å². The fraction of sp³-hybridized carbons (Fsp3) is 0.467. The van der Waals surface area contributed by atoms with Gasteiger partial charge in [-0.2, -0.15) is 4.89 Å². The zero-order valence-corrected chi connectivity index (χ0v) is 13.2. The van der Waals surface area contributed by atoms with Crippen molar-refractivity contribution >= 4 is 11.9 Å². The molecule has 0 spiro atoms. The van der Waals surface area contributed by atoms with Crippen LogP contribution in [0.4, 0.5) is 0 Å². The van der Waals surface area contributed by atoms with Crippen molar-refractivity contribution < 1.29 is 33.6 Å². The van der Waals surface area contributed by atoms with Gasteiger partial charge < -0.3 is 14.2 Å². The zero-order valence-electron chi connectivity index (χ0n) is 13.2. The van der Waals surface area contributed by atoms with Crippen molar-refractivity contribution in [3.05, 3.63) is 23.8 Å². The van der Waals surface area contributed by atoms with Crippen LogP contribution >= 0.6 is 0 Å². The molecule has 0 amide bonds. The minimum Gasteiger partial charge on any atom is -0.493 e. The van der Waals surface area contributed by atoms with E-state index in [2.05, 4.69) is 4.89 Å². The van der Waals surface area contributed by atoms with Gasteiger partial charge in [0.2, 0.25) is 0 Å². The van der Waals surface area contributed by atoms with Crippen molar-refractivity contribution in [2.24, 2.45) is 0 Å². The first-order chi connectivity index (χ1) is 10.4. The lowest BCUT2D eigenvalue weighted by molar-refractivity contribution is -0.308. The van der Waals surface area contributed by atoms with Crippen LogP contribution in [0.5, 0.6) is 11.5 Å². The SMILES string of the molecule is COc1cc(C(OC)C(C)OOC(C)=O)ccc1OC(C)=O. The molecule has 0 N–H and O–H groups in total. The van der Waals surface area contributed by atoms with E-state index in [9.17, 15) is 9.59 Å². The summed E-state index contributed by atoms with van der Waals surface area (Å²) in [5.74, 6) is -0.304. The van der Waals surface area contributed by atoms with Gasteiger partial charge >= 0.3 is 11.9 Å². The van der Waals surface area contributed by atoms with Crippen LogP contribution in [0.1, 0.15) is 32.4 Å². The van der Waals surface area contributed by atoms with Crippen molar-refractivity contribution in [1.82, 2.24) is 0 Å². The van der Waals surface area contributed by atoms with Crippen LogP contribution in [0.15, 0.2) is 18.2 Å². The lowest BCUT2D eigenvalue weighted by atomic mass is 10.0. The molecule has 122 valence electrons. The topological polar surface area (TPSA) is 80.3 Å². The van der Waals surface area contributed by atoms with Crippen LogP contribution in [-0.4, -0.2) is 32.3 Å². The van der Waals surface area contributed by atoms with Gasteiger partial charge in [-0.3, -0.25) is 9.68 Å². The second kappa shape index (κ2) is 8.35. The Morgan fingerprint density at radius 2 is 1.73 bits per heavy atom. The van der Waals surface area contributed by atoms with Gasteiger partial charge in [0.05, 0.1) is 7.11 Å². The molecule has 0 saturated heterocycles. The molecular weight excluding hydrogens is 292 g/mol. The van der Waals surface area contributed by atoms with E-state index in [0.29, 0.717) is 11.5 Å². The first-order valence-electron chi connectivity index (χ1n) is 6.62. The molecule has 7 nitrogen and oxygen atoms in total. The van der Waals surface area contributed by atoms with Crippen LogP contribution in [-0.2, 0) is 24.1 Å². The van der Waals surface area contributed by atoms with E-state index in [1.54, 1.807) is 25.1 Å². The molecule has 0 aromatic heterocycles. The highest BCUT2D eigenvalue weighted by atomic mass is 17.2. The molecule has 0 bridgehead atoms. The van der Waals surface area contributed by atoms with Crippen molar-refractivity contribution in [1.29, 1.82) is 0 Å². The second-order valence-electron chi connectivity index (χ2n) is 4.54. The highest BCUT2D eigenvalue weighted by Gasteiger charge is 2.23. The fourth-order valence-electron chi connectivity index (χ4n) is 1.89. The highest BCUT2D eigenvalue weighted by Crippen LogP contribution is 2.33. The first kappa shape index (κ1) is 17.9. The van der Waals surface area contributed by atoms with Gasteiger partial charge in [0.1, 0.15) is 12.2 Å². The van der Waals surface area contributed by atoms with Gasteiger partial charge in [0.15, 0.2) is 11.5 Å². The van der Waals surface area contributed by atoms with Crippen LogP contribution in [0.3, 0.4) is 0 Å². The molecule has 2 unspecified atom stereocenters. The van der Waals surface area contributed by atoms with Gasteiger partial charge in [-0.05, 0) is 24.6 Å². The smallest absolute Gasteiger partial charge is 0.339 e.